The van der Waals surface area contributed by atoms with Crippen molar-refractivity contribution in [1.29, 1.82) is 0 Å². The van der Waals surface area contributed by atoms with E-state index in [2.05, 4.69) is 22.9 Å². The Balaban J connectivity index is 0.000000302. The highest BCUT2D eigenvalue weighted by Gasteiger charge is 1.99. The minimum Gasteiger partial charge on any atom is -0.460 e. The Kier molecular flexibility index (Phi) is 8.24. The Hall–Kier alpha value is -1.94. The van der Waals surface area contributed by atoms with Crippen molar-refractivity contribution in [1.82, 2.24) is 4.98 Å². The largest absolute Gasteiger partial charge is 0.460 e. The number of rotatable bonds is 4. The zero-order chi connectivity index (χ0) is 13.1. The molecule has 0 fully saturated rings. The second-order valence-corrected chi connectivity index (χ2v) is 3.10. The van der Waals surface area contributed by atoms with E-state index in [1.54, 1.807) is 19.2 Å². The third-order valence-electron chi connectivity index (χ3n) is 1.57. The van der Waals surface area contributed by atoms with Crippen LogP contribution in [-0.2, 0) is 9.53 Å². The van der Waals surface area contributed by atoms with E-state index in [1.807, 2.05) is 18.2 Å². The predicted octanol–water partition coefficient (Wildman–Crippen LogP) is 1.82. The molecule has 0 radical (unpaired) electrons. The molecule has 0 bridgehead atoms. The van der Waals surface area contributed by atoms with Gasteiger partial charge in [-0.3, -0.25) is 4.98 Å². The van der Waals surface area contributed by atoms with E-state index < -0.39 is 5.97 Å². The number of esters is 1. The van der Waals surface area contributed by atoms with Crippen LogP contribution in [-0.4, -0.2) is 29.3 Å². The molecule has 0 amide bonds. The van der Waals surface area contributed by atoms with Crippen LogP contribution in [0.2, 0.25) is 0 Å². The van der Waals surface area contributed by atoms with Crippen LogP contribution in [0.4, 0.5) is 0 Å². The van der Waals surface area contributed by atoms with Gasteiger partial charge in [0.15, 0.2) is 0 Å². The van der Waals surface area contributed by atoms with Crippen molar-refractivity contribution in [2.45, 2.75) is 6.92 Å². The molecule has 0 aliphatic rings. The summed E-state index contributed by atoms with van der Waals surface area (Å²) < 4.78 is 4.46. The summed E-state index contributed by atoms with van der Waals surface area (Å²) in [5.74, 6) is -0.455. The van der Waals surface area contributed by atoms with Crippen LogP contribution in [0.3, 0.4) is 0 Å². The molecule has 92 valence electrons. The number of carbonyl (C=O) groups is 1. The predicted molar refractivity (Wildman–Crippen MR) is 67.2 cm³/mol. The summed E-state index contributed by atoms with van der Waals surface area (Å²) in [6.45, 7) is 8.38. The van der Waals surface area contributed by atoms with E-state index in [0.717, 1.165) is 5.69 Å². The highest BCUT2D eigenvalue weighted by atomic mass is 16.5. The Labute approximate surface area is 101 Å². The van der Waals surface area contributed by atoms with Crippen LogP contribution in [0.15, 0.2) is 43.1 Å². The Morgan fingerprint density at radius 2 is 2.29 bits per heavy atom. The van der Waals surface area contributed by atoms with Gasteiger partial charge in [-0.2, -0.15) is 0 Å². The van der Waals surface area contributed by atoms with Gasteiger partial charge in [-0.05, 0) is 25.1 Å². The molecule has 1 N–H and O–H groups in total. The van der Waals surface area contributed by atoms with Crippen LogP contribution < -0.4 is 0 Å². The number of aliphatic hydroxyl groups is 1. The molecule has 0 spiro atoms. The van der Waals surface area contributed by atoms with E-state index in [4.69, 9.17) is 5.11 Å². The van der Waals surface area contributed by atoms with Crippen molar-refractivity contribution in [3.63, 3.8) is 0 Å². The van der Waals surface area contributed by atoms with Gasteiger partial charge >= 0.3 is 5.97 Å². The van der Waals surface area contributed by atoms with Gasteiger partial charge < -0.3 is 9.84 Å². The zero-order valence-corrected chi connectivity index (χ0v) is 9.93. The first-order valence-electron chi connectivity index (χ1n) is 5.08. The number of aliphatic hydroxyl groups excluding tert-OH is 1. The van der Waals surface area contributed by atoms with E-state index in [-0.39, 0.29) is 13.2 Å². The second-order valence-electron chi connectivity index (χ2n) is 3.10. The van der Waals surface area contributed by atoms with Gasteiger partial charge in [0.05, 0.1) is 12.3 Å². The van der Waals surface area contributed by atoms with Crippen molar-refractivity contribution in [3.05, 3.63) is 48.8 Å². The maximum absolute atomic E-state index is 10.5. The number of nitrogens with zero attached hydrogens (tertiary/aromatic N) is 1. The molecule has 1 aromatic rings. The standard InChI is InChI=1S/C7H7N.C6H10O3/c1-2-7-5-3-4-6-8-7;1-5(2)6(8)9-4-3-7/h2-6H,1H2;7H,1,3-4H2,2H3. The molecular formula is C13H17NO3. The lowest BCUT2D eigenvalue weighted by Gasteiger charge is -1.99. The molecule has 1 rings (SSSR count). The van der Waals surface area contributed by atoms with Crippen molar-refractivity contribution >= 4 is 12.0 Å². The van der Waals surface area contributed by atoms with Gasteiger partial charge in [-0.25, -0.2) is 4.79 Å². The lowest BCUT2D eigenvalue weighted by atomic mass is 10.4. The normalized spacial score (nSPS) is 8.59. The van der Waals surface area contributed by atoms with E-state index in [1.165, 1.54) is 0 Å². The first-order chi connectivity index (χ1) is 8.11. The molecule has 0 aliphatic heterocycles. The summed E-state index contributed by atoms with van der Waals surface area (Å²) in [4.78, 5) is 14.4. The van der Waals surface area contributed by atoms with Gasteiger partial charge in [0.2, 0.25) is 0 Å². The zero-order valence-electron chi connectivity index (χ0n) is 9.93. The summed E-state index contributed by atoms with van der Waals surface area (Å²) in [6.07, 6.45) is 3.47. The SMILES string of the molecule is C=C(C)C(=O)OCCO.C=Cc1ccccn1. The van der Waals surface area contributed by atoms with E-state index >= 15 is 0 Å². The van der Waals surface area contributed by atoms with Crippen LogP contribution in [0.25, 0.3) is 6.08 Å². The Morgan fingerprint density at radius 1 is 1.59 bits per heavy atom. The number of carbonyl (C=O) groups excluding carboxylic acids is 1. The number of hydrogen-bond donors (Lipinski definition) is 1. The molecular weight excluding hydrogens is 218 g/mol. The maximum atomic E-state index is 10.5. The summed E-state index contributed by atoms with van der Waals surface area (Å²) in [5, 5.41) is 8.19. The third kappa shape index (κ3) is 7.93. The molecule has 0 saturated carbocycles. The first-order valence-corrected chi connectivity index (χ1v) is 5.08. The van der Waals surface area contributed by atoms with Gasteiger partial charge in [-0.1, -0.05) is 19.2 Å². The fourth-order valence-corrected chi connectivity index (χ4v) is 0.758. The van der Waals surface area contributed by atoms with Crippen molar-refractivity contribution in [3.8, 4) is 0 Å². The number of ether oxygens (including phenoxy) is 1. The molecule has 0 atom stereocenters. The summed E-state index contributed by atoms with van der Waals surface area (Å²) in [7, 11) is 0. The molecule has 1 aromatic heterocycles. The molecule has 4 heteroatoms. The second kappa shape index (κ2) is 9.30. The van der Waals surface area contributed by atoms with Crippen LogP contribution in [0.5, 0.6) is 0 Å². The summed E-state index contributed by atoms with van der Waals surface area (Å²) in [5.41, 5.74) is 1.27. The van der Waals surface area contributed by atoms with E-state index in [9.17, 15) is 4.79 Å². The lowest BCUT2D eigenvalue weighted by Crippen LogP contribution is -2.08. The number of pyridine rings is 1. The maximum Gasteiger partial charge on any atom is 0.333 e. The van der Waals surface area contributed by atoms with Crippen LogP contribution in [0.1, 0.15) is 12.6 Å². The van der Waals surface area contributed by atoms with Gasteiger partial charge in [0.1, 0.15) is 6.61 Å². The quantitative estimate of drug-likeness (QED) is 0.639. The molecule has 1 heterocycles. The molecule has 17 heavy (non-hydrogen) atoms. The molecule has 0 unspecified atom stereocenters. The van der Waals surface area contributed by atoms with E-state index in [0.29, 0.717) is 5.57 Å². The fraction of sp³-hybridized carbons (Fsp3) is 0.231. The highest BCUT2D eigenvalue weighted by Crippen LogP contribution is 1.92. The van der Waals surface area contributed by atoms with Crippen LogP contribution >= 0.6 is 0 Å². The summed E-state index contributed by atoms with van der Waals surface area (Å²) >= 11 is 0. The summed E-state index contributed by atoms with van der Waals surface area (Å²) in [6, 6.07) is 5.73. The fourth-order valence-electron chi connectivity index (χ4n) is 0.758. The molecule has 0 aromatic carbocycles. The average Bonchev–Trinajstić information content (AvgIpc) is 2.37. The Bertz CT molecular complexity index is 360. The minimum absolute atomic E-state index is 0.0473. The van der Waals surface area contributed by atoms with Crippen LogP contribution in [0, 0.1) is 0 Å². The molecule has 4 nitrogen and oxygen atoms in total. The Morgan fingerprint density at radius 3 is 2.65 bits per heavy atom. The van der Waals surface area contributed by atoms with Gasteiger partial charge in [0, 0.05) is 11.8 Å². The monoisotopic (exact) mass is 235 g/mol. The lowest BCUT2D eigenvalue weighted by molar-refractivity contribution is -0.139. The van der Waals surface area contributed by atoms with Crippen molar-refractivity contribution in [2.24, 2.45) is 0 Å². The van der Waals surface area contributed by atoms with Crippen molar-refractivity contribution < 1.29 is 14.6 Å². The minimum atomic E-state index is -0.455. The topological polar surface area (TPSA) is 59.4 Å². The smallest absolute Gasteiger partial charge is 0.333 e. The number of aromatic nitrogens is 1. The highest BCUT2D eigenvalue weighted by molar-refractivity contribution is 5.86. The average molecular weight is 235 g/mol. The molecule has 0 saturated heterocycles. The third-order valence-corrected chi connectivity index (χ3v) is 1.57. The van der Waals surface area contributed by atoms with Gasteiger partial charge in [-0.15, -0.1) is 0 Å². The molecule has 0 aliphatic carbocycles. The van der Waals surface area contributed by atoms with Crippen molar-refractivity contribution in [2.75, 3.05) is 13.2 Å². The van der Waals surface area contributed by atoms with Gasteiger partial charge in [0.25, 0.3) is 0 Å². The first kappa shape index (κ1) is 15.1. The number of hydrogen-bond acceptors (Lipinski definition) is 4.